The molecule has 118 valence electrons. The molecular formula is C16H26ClN3O. The highest BCUT2D eigenvalue weighted by Gasteiger charge is 2.25. The average Bonchev–Trinajstić information content (AvgIpc) is 2.74. The van der Waals surface area contributed by atoms with Crippen LogP contribution in [0, 0.1) is 5.92 Å². The Labute approximate surface area is 133 Å². The quantitative estimate of drug-likeness (QED) is 0.874. The average molecular weight is 312 g/mol. The number of hydrogen-bond acceptors (Lipinski definition) is 3. The fourth-order valence-electron chi connectivity index (χ4n) is 2.69. The van der Waals surface area contributed by atoms with Gasteiger partial charge in [0.1, 0.15) is 0 Å². The standard InChI is InChI=1S/C16H25N3O.ClH/c1-11(2)15(17)16(20)18-8-9-19-12(3)10-13-6-4-5-7-14(13)19;/h4-7,11-12,15H,8-10,17H2,1-3H3,(H,18,20);1H/t12?,15-;/m0./s1. The fraction of sp³-hybridized carbons (Fsp3) is 0.562. The van der Waals surface area contributed by atoms with Crippen LogP contribution in [-0.2, 0) is 11.2 Å². The monoisotopic (exact) mass is 311 g/mol. The lowest BCUT2D eigenvalue weighted by atomic mass is 10.1. The highest BCUT2D eigenvalue weighted by Crippen LogP contribution is 2.31. The molecule has 0 aliphatic carbocycles. The van der Waals surface area contributed by atoms with Crippen LogP contribution in [0.25, 0.3) is 0 Å². The van der Waals surface area contributed by atoms with Crippen molar-refractivity contribution in [2.75, 3.05) is 18.0 Å². The Bertz CT molecular complexity index is 478. The molecule has 0 fully saturated rings. The third-order valence-electron chi connectivity index (χ3n) is 4.02. The summed E-state index contributed by atoms with van der Waals surface area (Å²) in [6.45, 7) is 7.61. The van der Waals surface area contributed by atoms with E-state index in [9.17, 15) is 4.79 Å². The molecule has 21 heavy (non-hydrogen) atoms. The van der Waals surface area contributed by atoms with Gasteiger partial charge in [-0.1, -0.05) is 32.0 Å². The predicted octanol–water partition coefficient (Wildman–Crippen LogP) is 1.96. The molecule has 1 aromatic rings. The molecule has 2 atom stereocenters. The van der Waals surface area contributed by atoms with Crippen molar-refractivity contribution >= 4 is 24.0 Å². The molecule has 1 heterocycles. The number of nitrogens with two attached hydrogens (primary N) is 1. The summed E-state index contributed by atoms with van der Waals surface area (Å²) < 4.78 is 0. The van der Waals surface area contributed by atoms with E-state index in [1.165, 1.54) is 11.3 Å². The highest BCUT2D eigenvalue weighted by atomic mass is 35.5. The molecule has 2 rings (SSSR count). The van der Waals surface area contributed by atoms with Crippen LogP contribution >= 0.6 is 12.4 Å². The van der Waals surface area contributed by atoms with Gasteiger partial charge in [-0.2, -0.15) is 0 Å². The Kier molecular flexibility index (Phi) is 6.49. The minimum atomic E-state index is -0.418. The number of halogens is 1. The molecule has 3 N–H and O–H groups in total. The first-order valence-electron chi connectivity index (χ1n) is 7.38. The number of anilines is 1. The van der Waals surface area contributed by atoms with Crippen molar-refractivity contribution < 1.29 is 4.79 Å². The number of nitrogens with one attached hydrogen (secondary N) is 1. The summed E-state index contributed by atoms with van der Waals surface area (Å²) in [5.41, 5.74) is 8.52. The van der Waals surface area contributed by atoms with Crippen molar-refractivity contribution in [2.24, 2.45) is 11.7 Å². The van der Waals surface area contributed by atoms with Gasteiger partial charge in [0.2, 0.25) is 5.91 Å². The van der Waals surface area contributed by atoms with Crippen LogP contribution in [0.4, 0.5) is 5.69 Å². The van der Waals surface area contributed by atoms with Crippen LogP contribution in [0.1, 0.15) is 26.3 Å². The number of hydrogen-bond donors (Lipinski definition) is 2. The first kappa shape index (κ1) is 17.8. The van der Waals surface area contributed by atoms with Gasteiger partial charge in [-0.25, -0.2) is 0 Å². The Balaban J connectivity index is 0.00000220. The van der Waals surface area contributed by atoms with Gasteiger partial charge in [0.25, 0.3) is 0 Å². The topological polar surface area (TPSA) is 58.4 Å². The largest absolute Gasteiger partial charge is 0.367 e. The Morgan fingerprint density at radius 3 is 2.76 bits per heavy atom. The summed E-state index contributed by atoms with van der Waals surface area (Å²) in [4.78, 5) is 14.2. The molecule has 1 unspecified atom stereocenters. The second-order valence-electron chi connectivity index (χ2n) is 5.94. The van der Waals surface area contributed by atoms with Gasteiger partial charge < -0.3 is 16.0 Å². The number of benzene rings is 1. The SMILES string of the molecule is CC(C)[C@H](N)C(=O)NCCN1c2ccccc2CC1C.Cl. The van der Waals surface area contributed by atoms with E-state index >= 15 is 0 Å². The van der Waals surface area contributed by atoms with Crippen LogP contribution in [0.15, 0.2) is 24.3 Å². The van der Waals surface area contributed by atoms with E-state index in [2.05, 4.69) is 41.4 Å². The Hall–Kier alpha value is -1.26. The van der Waals surface area contributed by atoms with Crippen LogP contribution in [-0.4, -0.2) is 31.1 Å². The van der Waals surface area contributed by atoms with Crippen LogP contribution < -0.4 is 16.0 Å². The van der Waals surface area contributed by atoms with Crippen molar-refractivity contribution in [3.05, 3.63) is 29.8 Å². The van der Waals surface area contributed by atoms with Crippen molar-refractivity contribution in [1.82, 2.24) is 5.32 Å². The highest BCUT2D eigenvalue weighted by molar-refractivity contribution is 5.85. The summed E-state index contributed by atoms with van der Waals surface area (Å²) in [5, 5.41) is 2.94. The maximum absolute atomic E-state index is 11.8. The minimum Gasteiger partial charge on any atom is -0.367 e. The molecule has 0 bridgehead atoms. The second kappa shape index (κ2) is 7.66. The van der Waals surface area contributed by atoms with E-state index in [4.69, 9.17) is 5.73 Å². The van der Waals surface area contributed by atoms with Crippen molar-refractivity contribution in [2.45, 2.75) is 39.3 Å². The first-order chi connectivity index (χ1) is 9.50. The zero-order valence-electron chi connectivity index (χ0n) is 13.0. The molecule has 1 aliphatic rings. The summed E-state index contributed by atoms with van der Waals surface area (Å²) in [6.07, 6.45) is 1.08. The van der Waals surface area contributed by atoms with Gasteiger partial charge in [0, 0.05) is 24.8 Å². The molecule has 5 heteroatoms. The van der Waals surface area contributed by atoms with Crippen molar-refractivity contribution in [1.29, 1.82) is 0 Å². The van der Waals surface area contributed by atoms with Crippen molar-refractivity contribution in [3.8, 4) is 0 Å². The summed E-state index contributed by atoms with van der Waals surface area (Å²) in [6, 6.07) is 8.55. The zero-order valence-corrected chi connectivity index (χ0v) is 13.8. The zero-order chi connectivity index (χ0) is 14.7. The number of carbonyl (C=O) groups excluding carboxylic acids is 1. The number of nitrogens with zero attached hydrogens (tertiary/aromatic N) is 1. The predicted molar refractivity (Wildman–Crippen MR) is 90.0 cm³/mol. The normalized spacial score (nSPS) is 18.1. The Morgan fingerprint density at radius 1 is 1.43 bits per heavy atom. The van der Waals surface area contributed by atoms with Crippen LogP contribution in [0.5, 0.6) is 0 Å². The second-order valence-corrected chi connectivity index (χ2v) is 5.94. The number of rotatable bonds is 5. The Morgan fingerprint density at radius 2 is 2.10 bits per heavy atom. The van der Waals surface area contributed by atoms with Gasteiger partial charge in [-0.3, -0.25) is 4.79 Å². The smallest absolute Gasteiger partial charge is 0.237 e. The molecule has 0 spiro atoms. The number of amides is 1. The van der Waals surface area contributed by atoms with Gasteiger partial charge in [-0.05, 0) is 30.9 Å². The van der Waals surface area contributed by atoms with E-state index in [-0.39, 0.29) is 24.2 Å². The molecule has 4 nitrogen and oxygen atoms in total. The van der Waals surface area contributed by atoms with E-state index in [0.717, 1.165) is 13.0 Å². The number of fused-ring (bicyclic) bond motifs is 1. The van der Waals surface area contributed by atoms with E-state index < -0.39 is 6.04 Å². The fourth-order valence-corrected chi connectivity index (χ4v) is 2.69. The molecule has 1 aromatic carbocycles. The molecule has 0 saturated carbocycles. The number of para-hydroxylation sites is 1. The van der Waals surface area contributed by atoms with E-state index in [1.807, 2.05) is 13.8 Å². The lowest BCUT2D eigenvalue weighted by molar-refractivity contribution is -0.123. The van der Waals surface area contributed by atoms with Crippen molar-refractivity contribution in [3.63, 3.8) is 0 Å². The third kappa shape index (κ3) is 4.11. The molecule has 1 aliphatic heterocycles. The molecule has 0 saturated heterocycles. The lowest BCUT2D eigenvalue weighted by Crippen LogP contribution is -2.46. The van der Waals surface area contributed by atoms with Gasteiger partial charge in [0.05, 0.1) is 6.04 Å². The third-order valence-corrected chi connectivity index (χ3v) is 4.02. The van der Waals surface area contributed by atoms with E-state index in [0.29, 0.717) is 12.6 Å². The molecular weight excluding hydrogens is 286 g/mol. The van der Waals surface area contributed by atoms with Gasteiger partial charge in [-0.15, -0.1) is 12.4 Å². The van der Waals surface area contributed by atoms with Gasteiger partial charge >= 0.3 is 0 Å². The first-order valence-corrected chi connectivity index (χ1v) is 7.38. The molecule has 1 amide bonds. The van der Waals surface area contributed by atoms with E-state index in [1.54, 1.807) is 0 Å². The maximum Gasteiger partial charge on any atom is 0.237 e. The lowest BCUT2D eigenvalue weighted by Gasteiger charge is -2.25. The molecule has 0 aromatic heterocycles. The molecule has 0 radical (unpaired) electrons. The summed E-state index contributed by atoms with van der Waals surface area (Å²) >= 11 is 0. The van der Waals surface area contributed by atoms with Gasteiger partial charge in [0.15, 0.2) is 0 Å². The minimum absolute atomic E-state index is 0. The maximum atomic E-state index is 11.8. The van der Waals surface area contributed by atoms with Crippen LogP contribution in [0.3, 0.4) is 0 Å². The van der Waals surface area contributed by atoms with Crippen LogP contribution in [0.2, 0.25) is 0 Å². The summed E-state index contributed by atoms with van der Waals surface area (Å²) in [7, 11) is 0. The summed E-state index contributed by atoms with van der Waals surface area (Å²) in [5.74, 6) is 0.113. The number of carbonyl (C=O) groups is 1.